The van der Waals surface area contributed by atoms with Crippen molar-refractivity contribution in [2.75, 3.05) is 26.0 Å². The highest BCUT2D eigenvalue weighted by Gasteiger charge is 2.31. The van der Waals surface area contributed by atoms with E-state index in [-0.39, 0.29) is 6.04 Å². The van der Waals surface area contributed by atoms with Crippen molar-refractivity contribution in [2.24, 2.45) is 0 Å². The van der Waals surface area contributed by atoms with Gasteiger partial charge in [0, 0.05) is 23.8 Å². The Bertz CT molecular complexity index is 1310. The minimum absolute atomic E-state index is 0.139. The molecule has 1 aromatic heterocycles. The second-order valence-corrected chi connectivity index (χ2v) is 10.5. The van der Waals surface area contributed by atoms with Gasteiger partial charge in [-0.15, -0.1) is 0 Å². The van der Waals surface area contributed by atoms with Crippen molar-refractivity contribution in [1.82, 2.24) is 8.87 Å². The fraction of sp³-hybridized carbons (Fsp3) is 0.375. The molecule has 174 valence electrons. The summed E-state index contributed by atoms with van der Waals surface area (Å²) in [5.74, 6) is 1.09. The van der Waals surface area contributed by atoms with Crippen LogP contribution in [-0.4, -0.2) is 49.3 Å². The summed E-state index contributed by atoms with van der Waals surface area (Å²) in [6.45, 7) is 3.35. The molecule has 0 saturated carbocycles. The molecule has 7 nitrogen and oxygen atoms in total. The summed E-state index contributed by atoms with van der Waals surface area (Å²) in [5.41, 5.74) is 2.08. The third kappa shape index (κ3) is 4.96. The maximum Gasteiger partial charge on any atom is 0.211 e. The molecule has 1 saturated heterocycles. The zero-order valence-electron chi connectivity index (χ0n) is 18.6. The Kier molecular flexibility index (Phi) is 6.84. The number of hydrogen-bond donors (Lipinski definition) is 0. The van der Waals surface area contributed by atoms with E-state index < -0.39 is 10.0 Å². The number of hydrogen-bond acceptors (Lipinski definition) is 5. The molecule has 3 aromatic rings. The van der Waals surface area contributed by atoms with Gasteiger partial charge in [-0.05, 0) is 55.7 Å². The molecule has 4 rings (SSSR count). The van der Waals surface area contributed by atoms with E-state index in [9.17, 15) is 13.7 Å². The minimum Gasteiger partial charge on any atom is -0.492 e. The van der Waals surface area contributed by atoms with Gasteiger partial charge < -0.3 is 14.0 Å². The van der Waals surface area contributed by atoms with Crippen LogP contribution < -0.4 is 9.47 Å². The summed E-state index contributed by atoms with van der Waals surface area (Å²) >= 11 is 6.43. The number of ether oxygens (including phenoxy) is 2. The molecule has 1 fully saturated rings. The van der Waals surface area contributed by atoms with Gasteiger partial charge in [0.05, 0.1) is 35.0 Å². The summed E-state index contributed by atoms with van der Waals surface area (Å²) in [4.78, 5) is 0. The van der Waals surface area contributed by atoms with Crippen molar-refractivity contribution in [3.8, 4) is 23.3 Å². The zero-order chi connectivity index (χ0) is 23.6. The minimum atomic E-state index is -3.23. The third-order valence-corrected chi connectivity index (χ3v) is 7.34. The van der Waals surface area contributed by atoms with Crippen molar-refractivity contribution in [1.29, 1.82) is 5.26 Å². The SMILES string of the molecule is CCCOc1c(Cl)cc(-n2ccc3cc(OCC4CCCN4S(C)(=O)=O)ccc32)cc1C#N. The smallest absolute Gasteiger partial charge is 0.211 e. The highest BCUT2D eigenvalue weighted by atomic mass is 35.5. The predicted octanol–water partition coefficient (Wildman–Crippen LogP) is 4.75. The summed E-state index contributed by atoms with van der Waals surface area (Å²) in [6, 6.07) is 13.3. The highest BCUT2D eigenvalue weighted by Crippen LogP contribution is 2.34. The molecule has 0 bridgehead atoms. The van der Waals surface area contributed by atoms with Crippen LogP contribution in [0.4, 0.5) is 0 Å². The molecule has 9 heteroatoms. The molecule has 0 aliphatic carbocycles. The lowest BCUT2D eigenvalue weighted by atomic mass is 10.2. The molecule has 1 atom stereocenters. The Labute approximate surface area is 199 Å². The lowest BCUT2D eigenvalue weighted by molar-refractivity contribution is 0.233. The number of rotatable bonds is 8. The number of nitriles is 1. The van der Waals surface area contributed by atoms with E-state index in [1.165, 1.54) is 10.6 Å². The number of aromatic nitrogens is 1. The first-order chi connectivity index (χ1) is 15.8. The standard InChI is InChI=1S/C24H26ClN3O4S/c1-3-11-31-24-18(15-26)12-20(14-22(24)25)27-10-8-17-13-21(6-7-23(17)27)32-16-19-5-4-9-28(19)33(2,29)30/h6-8,10,12-14,19H,3-5,9,11,16H2,1-2H3. The molecule has 0 radical (unpaired) electrons. The van der Waals surface area contributed by atoms with Crippen LogP contribution in [0.2, 0.25) is 5.02 Å². The number of fused-ring (bicyclic) bond motifs is 1. The molecular weight excluding hydrogens is 462 g/mol. The summed E-state index contributed by atoms with van der Waals surface area (Å²) in [6.07, 6.45) is 5.62. The Hall–Kier alpha value is -2.73. The maximum absolute atomic E-state index is 11.9. The van der Waals surface area contributed by atoms with Crippen molar-refractivity contribution in [2.45, 2.75) is 32.2 Å². The molecule has 1 aliphatic rings. The van der Waals surface area contributed by atoms with Crippen LogP contribution in [-0.2, 0) is 10.0 Å². The van der Waals surface area contributed by atoms with Crippen molar-refractivity contribution >= 4 is 32.5 Å². The van der Waals surface area contributed by atoms with Gasteiger partial charge in [0.2, 0.25) is 10.0 Å². The van der Waals surface area contributed by atoms with E-state index >= 15 is 0 Å². The first-order valence-corrected chi connectivity index (χ1v) is 13.1. The first kappa shape index (κ1) is 23.4. The van der Waals surface area contributed by atoms with Crippen molar-refractivity contribution < 1.29 is 17.9 Å². The van der Waals surface area contributed by atoms with Gasteiger partial charge in [0.1, 0.15) is 18.4 Å². The van der Waals surface area contributed by atoms with Gasteiger partial charge in [-0.3, -0.25) is 0 Å². The molecule has 0 N–H and O–H groups in total. The predicted molar refractivity (Wildman–Crippen MR) is 129 cm³/mol. The van der Waals surface area contributed by atoms with E-state index in [2.05, 4.69) is 6.07 Å². The van der Waals surface area contributed by atoms with Crippen LogP contribution in [0.1, 0.15) is 31.7 Å². The lowest BCUT2D eigenvalue weighted by Gasteiger charge is -2.22. The fourth-order valence-electron chi connectivity index (χ4n) is 4.19. The number of sulfonamides is 1. The average Bonchev–Trinajstić information content (AvgIpc) is 3.43. The van der Waals surface area contributed by atoms with Gasteiger partial charge >= 0.3 is 0 Å². The topological polar surface area (TPSA) is 84.6 Å². The number of nitrogens with zero attached hydrogens (tertiary/aromatic N) is 3. The van der Waals surface area contributed by atoms with Gasteiger partial charge in [-0.1, -0.05) is 18.5 Å². The molecule has 0 spiro atoms. The van der Waals surface area contributed by atoms with E-state index in [0.717, 1.165) is 35.9 Å². The second-order valence-electron chi connectivity index (χ2n) is 8.15. The Balaban J connectivity index is 1.56. The largest absolute Gasteiger partial charge is 0.492 e. The summed E-state index contributed by atoms with van der Waals surface area (Å²) in [5, 5.41) is 10.9. The van der Waals surface area contributed by atoms with Crippen LogP contribution >= 0.6 is 11.6 Å². The number of benzene rings is 2. The molecule has 2 aromatic carbocycles. The molecular formula is C24H26ClN3O4S. The van der Waals surface area contributed by atoms with E-state index in [0.29, 0.717) is 41.8 Å². The lowest BCUT2D eigenvalue weighted by Crippen LogP contribution is -2.38. The van der Waals surface area contributed by atoms with Crippen LogP contribution in [0.25, 0.3) is 16.6 Å². The van der Waals surface area contributed by atoms with Crippen LogP contribution in [0, 0.1) is 11.3 Å². The summed E-state index contributed by atoms with van der Waals surface area (Å²) < 4.78 is 39.0. The summed E-state index contributed by atoms with van der Waals surface area (Å²) in [7, 11) is -3.23. The molecule has 0 amide bonds. The number of halogens is 1. The average molecular weight is 488 g/mol. The van der Waals surface area contributed by atoms with Crippen molar-refractivity contribution in [3.63, 3.8) is 0 Å². The second kappa shape index (κ2) is 9.64. The highest BCUT2D eigenvalue weighted by molar-refractivity contribution is 7.88. The fourth-order valence-corrected chi connectivity index (χ4v) is 5.63. The molecule has 33 heavy (non-hydrogen) atoms. The molecule has 1 aliphatic heterocycles. The van der Waals surface area contributed by atoms with Crippen LogP contribution in [0.15, 0.2) is 42.6 Å². The maximum atomic E-state index is 11.9. The van der Waals surface area contributed by atoms with E-state index in [1.54, 1.807) is 12.1 Å². The normalized spacial score (nSPS) is 16.7. The van der Waals surface area contributed by atoms with Gasteiger partial charge in [-0.25, -0.2) is 8.42 Å². The van der Waals surface area contributed by atoms with Gasteiger partial charge in [-0.2, -0.15) is 9.57 Å². The van der Waals surface area contributed by atoms with E-state index in [4.69, 9.17) is 21.1 Å². The van der Waals surface area contributed by atoms with Gasteiger partial charge in [0.25, 0.3) is 0 Å². The molecule has 2 heterocycles. The Morgan fingerprint density at radius 3 is 2.76 bits per heavy atom. The van der Waals surface area contributed by atoms with Gasteiger partial charge in [0.15, 0.2) is 5.75 Å². The van der Waals surface area contributed by atoms with Crippen LogP contribution in [0.5, 0.6) is 11.5 Å². The third-order valence-electron chi connectivity index (χ3n) is 5.73. The van der Waals surface area contributed by atoms with E-state index in [1.807, 2.05) is 42.0 Å². The van der Waals surface area contributed by atoms with Crippen molar-refractivity contribution in [3.05, 3.63) is 53.2 Å². The first-order valence-electron chi connectivity index (χ1n) is 10.9. The Morgan fingerprint density at radius 2 is 2.03 bits per heavy atom. The quantitative estimate of drug-likeness (QED) is 0.458. The monoisotopic (exact) mass is 487 g/mol. The zero-order valence-corrected chi connectivity index (χ0v) is 20.2. The van der Waals surface area contributed by atoms with Crippen LogP contribution in [0.3, 0.4) is 0 Å². The molecule has 1 unspecified atom stereocenters. The Morgan fingerprint density at radius 1 is 1.21 bits per heavy atom.